The van der Waals surface area contributed by atoms with E-state index in [4.69, 9.17) is 0 Å². The Labute approximate surface area is 95.0 Å². The van der Waals surface area contributed by atoms with Crippen molar-refractivity contribution in [3.8, 4) is 0 Å². The van der Waals surface area contributed by atoms with Crippen LogP contribution in [0.1, 0.15) is 20.3 Å². The molecule has 0 spiro atoms. The average Bonchev–Trinajstić information content (AvgIpc) is 2.21. The van der Waals surface area contributed by atoms with Crippen molar-refractivity contribution >= 4 is 11.8 Å². The fourth-order valence-corrected chi connectivity index (χ4v) is 1.66. The first-order chi connectivity index (χ1) is 7.49. The molecule has 0 aromatic rings. The summed E-state index contributed by atoms with van der Waals surface area (Å²) in [5.74, 6) is -0.285. The van der Waals surface area contributed by atoms with Gasteiger partial charge in [0.1, 0.15) is 0 Å². The molecule has 2 amide bonds. The molecule has 3 N–H and O–H groups in total. The van der Waals surface area contributed by atoms with Crippen LogP contribution in [0, 0.1) is 5.92 Å². The van der Waals surface area contributed by atoms with E-state index in [9.17, 15) is 14.7 Å². The second kappa shape index (κ2) is 5.81. The third-order valence-electron chi connectivity index (χ3n) is 2.75. The van der Waals surface area contributed by atoms with Crippen LogP contribution in [0.15, 0.2) is 0 Å². The largest absolute Gasteiger partial charge is 0.392 e. The number of rotatable bonds is 2. The van der Waals surface area contributed by atoms with Gasteiger partial charge in [-0.2, -0.15) is 0 Å². The zero-order chi connectivity index (χ0) is 12.1. The molecule has 1 aliphatic heterocycles. The topological polar surface area (TPSA) is 81.7 Å². The normalized spacial score (nSPS) is 26.2. The molecule has 0 aromatic carbocycles. The lowest BCUT2D eigenvalue weighted by molar-refractivity contribution is -0.129. The highest BCUT2D eigenvalue weighted by Crippen LogP contribution is 2.16. The molecular formula is C10H19N3O3. The predicted octanol–water partition coefficient (Wildman–Crippen LogP) is -1.14. The predicted molar refractivity (Wildman–Crippen MR) is 58.2 cm³/mol. The van der Waals surface area contributed by atoms with Crippen LogP contribution < -0.4 is 10.9 Å². The highest BCUT2D eigenvalue weighted by Gasteiger charge is 2.25. The number of nitrogens with one attached hydrogen (secondary N) is 2. The van der Waals surface area contributed by atoms with E-state index in [1.54, 1.807) is 0 Å². The summed E-state index contributed by atoms with van der Waals surface area (Å²) >= 11 is 0. The fourth-order valence-electron chi connectivity index (χ4n) is 1.66. The fraction of sp³-hybridized carbons (Fsp3) is 0.800. The Balaban J connectivity index is 2.26. The number of carbonyl (C=O) groups excluding carboxylic acids is 2. The van der Waals surface area contributed by atoms with Crippen molar-refractivity contribution < 1.29 is 14.7 Å². The zero-order valence-corrected chi connectivity index (χ0v) is 9.69. The summed E-state index contributed by atoms with van der Waals surface area (Å²) in [6.45, 7) is 4.83. The molecule has 6 nitrogen and oxygen atoms in total. The number of hydrazine groups is 1. The minimum atomic E-state index is -0.373. The second-order valence-corrected chi connectivity index (χ2v) is 4.30. The van der Waals surface area contributed by atoms with Crippen LogP contribution >= 0.6 is 0 Å². The molecule has 1 heterocycles. The van der Waals surface area contributed by atoms with Gasteiger partial charge in [0.25, 0.3) is 5.91 Å². The second-order valence-electron chi connectivity index (χ2n) is 4.30. The number of hydrogen-bond donors (Lipinski definition) is 3. The van der Waals surface area contributed by atoms with E-state index in [1.165, 1.54) is 6.92 Å². The molecule has 0 aliphatic carbocycles. The van der Waals surface area contributed by atoms with Crippen molar-refractivity contribution in [2.75, 3.05) is 19.6 Å². The van der Waals surface area contributed by atoms with Gasteiger partial charge in [-0.3, -0.25) is 25.3 Å². The van der Waals surface area contributed by atoms with Crippen LogP contribution in [0.5, 0.6) is 0 Å². The molecule has 2 atom stereocenters. The van der Waals surface area contributed by atoms with Crippen molar-refractivity contribution in [1.82, 2.24) is 15.8 Å². The van der Waals surface area contributed by atoms with E-state index in [-0.39, 0.29) is 30.4 Å². The van der Waals surface area contributed by atoms with Gasteiger partial charge in [-0.25, -0.2) is 0 Å². The summed E-state index contributed by atoms with van der Waals surface area (Å²) in [5, 5.41) is 9.64. The van der Waals surface area contributed by atoms with Gasteiger partial charge in [-0.15, -0.1) is 0 Å². The van der Waals surface area contributed by atoms with Crippen molar-refractivity contribution in [2.24, 2.45) is 5.92 Å². The maximum Gasteiger partial charge on any atom is 0.252 e. The summed E-state index contributed by atoms with van der Waals surface area (Å²) in [7, 11) is 0. The first-order valence-corrected chi connectivity index (χ1v) is 5.45. The monoisotopic (exact) mass is 229 g/mol. The van der Waals surface area contributed by atoms with E-state index in [0.29, 0.717) is 6.54 Å². The van der Waals surface area contributed by atoms with Crippen LogP contribution in [0.4, 0.5) is 0 Å². The van der Waals surface area contributed by atoms with Crippen LogP contribution in [-0.4, -0.2) is 47.6 Å². The average molecular weight is 229 g/mol. The Kier molecular flexibility index (Phi) is 4.70. The van der Waals surface area contributed by atoms with Crippen LogP contribution in [0.2, 0.25) is 0 Å². The Bertz CT molecular complexity index is 270. The van der Waals surface area contributed by atoms with Crippen LogP contribution in [-0.2, 0) is 9.59 Å². The van der Waals surface area contributed by atoms with Gasteiger partial charge in [0.15, 0.2) is 0 Å². The SMILES string of the molecule is CC(=O)NNC(=O)CN1CCC(C)C(O)C1. The number of β-amino-alcohol motifs (C(OH)–C–C–N with tert-alkyl or cyclic N) is 1. The van der Waals surface area contributed by atoms with Crippen molar-refractivity contribution in [3.63, 3.8) is 0 Å². The van der Waals surface area contributed by atoms with Crippen molar-refractivity contribution in [1.29, 1.82) is 0 Å². The Morgan fingerprint density at radius 3 is 2.69 bits per heavy atom. The van der Waals surface area contributed by atoms with E-state index in [0.717, 1.165) is 13.0 Å². The lowest BCUT2D eigenvalue weighted by Gasteiger charge is -2.33. The molecule has 0 saturated carbocycles. The maximum atomic E-state index is 11.4. The number of aliphatic hydroxyl groups is 1. The third-order valence-corrected chi connectivity index (χ3v) is 2.75. The zero-order valence-electron chi connectivity index (χ0n) is 9.69. The molecule has 1 fully saturated rings. The molecule has 2 unspecified atom stereocenters. The van der Waals surface area contributed by atoms with Gasteiger partial charge < -0.3 is 5.11 Å². The first kappa shape index (κ1) is 12.9. The number of nitrogens with zero attached hydrogens (tertiary/aromatic N) is 1. The van der Waals surface area contributed by atoms with Crippen molar-refractivity contribution in [3.05, 3.63) is 0 Å². The summed E-state index contributed by atoms with van der Waals surface area (Å²) < 4.78 is 0. The molecule has 1 aliphatic rings. The lowest BCUT2D eigenvalue weighted by atomic mass is 9.96. The Morgan fingerprint density at radius 1 is 1.44 bits per heavy atom. The lowest BCUT2D eigenvalue weighted by Crippen LogP contribution is -2.50. The molecule has 1 saturated heterocycles. The Morgan fingerprint density at radius 2 is 2.12 bits per heavy atom. The van der Waals surface area contributed by atoms with Gasteiger partial charge in [-0.05, 0) is 18.9 Å². The number of carbonyl (C=O) groups is 2. The molecule has 0 radical (unpaired) electrons. The van der Waals surface area contributed by atoms with Crippen LogP contribution in [0.3, 0.4) is 0 Å². The highest BCUT2D eigenvalue weighted by molar-refractivity contribution is 5.81. The standard InChI is InChI=1S/C10H19N3O3/c1-7-3-4-13(5-9(7)15)6-10(16)12-11-8(2)14/h7,9,15H,3-6H2,1-2H3,(H,11,14)(H,12,16). The van der Waals surface area contributed by atoms with Crippen LogP contribution in [0.25, 0.3) is 0 Å². The van der Waals surface area contributed by atoms with Gasteiger partial charge in [0, 0.05) is 13.5 Å². The number of hydrogen-bond acceptors (Lipinski definition) is 4. The van der Waals surface area contributed by atoms with E-state index in [1.807, 2.05) is 11.8 Å². The van der Waals surface area contributed by atoms with Crippen molar-refractivity contribution in [2.45, 2.75) is 26.4 Å². The molecule has 16 heavy (non-hydrogen) atoms. The number of piperidine rings is 1. The smallest absolute Gasteiger partial charge is 0.252 e. The number of amides is 2. The number of aliphatic hydroxyl groups excluding tert-OH is 1. The van der Waals surface area contributed by atoms with E-state index < -0.39 is 0 Å². The first-order valence-electron chi connectivity index (χ1n) is 5.45. The summed E-state index contributed by atoms with van der Waals surface area (Å²) in [5.41, 5.74) is 4.52. The molecule has 6 heteroatoms. The number of likely N-dealkylation sites (tertiary alicyclic amines) is 1. The van der Waals surface area contributed by atoms with E-state index >= 15 is 0 Å². The van der Waals surface area contributed by atoms with Gasteiger partial charge in [0.05, 0.1) is 12.6 Å². The Hall–Kier alpha value is -1.14. The van der Waals surface area contributed by atoms with Gasteiger partial charge in [0.2, 0.25) is 5.91 Å². The van der Waals surface area contributed by atoms with E-state index in [2.05, 4.69) is 10.9 Å². The minimum Gasteiger partial charge on any atom is -0.392 e. The molecule has 0 bridgehead atoms. The summed E-state index contributed by atoms with van der Waals surface area (Å²) in [6.07, 6.45) is 0.511. The minimum absolute atomic E-state index is 0.198. The highest BCUT2D eigenvalue weighted by atomic mass is 16.3. The summed E-state index contributed by atoms with van der Waals surface area (Å²) in [4.78, 5) is 23.8. The van der Waals surface area contributed by atoms with Gasteiger partial charge in [-0.1, -0.05) is 6.92 Å². The third kappa shape index (κ3) is 4.16. The molecular weight excluding hydrogens is 210 g/mol. The maximum absolute atomic E-state index is 11.4. The summed E-state index contributed by atoms with van der Waals surface area (Å²) in [6, 6.07) is 0. The molecule has 92 valence electrons. The van der Waals surface area contributed by atoms with Gasteiger partial charge >= 0.3 is 0 Å². The molecule has 1 rings (SSSR count). The molecule has 0 aromatic heterocycles. The quantitative estimate of drug-likeness (QED) is 0.523.